The summed E-state index contributed by atoms with van der Waals surface area (Å²) in [6.07, 6.45) is 0. The van der Waals surface area contributed by atoms with Crippen molar-refractivity contribution < 1.29 is 19.1 Å². The first-order valence-corrected chi connectivity index (χ1v) is 8.52. The molecule has 0 saturated heterocycles. The number of benzene rings is 2. The molecule has 0 aliphatic heterocycles. The highest BCUT2D eigenvalue weighted by Gasteiger charge is 2.17. The lowest BCUT2D eigenvalue weighted by atomic mass is 10.2. The Balaban J connectivity index is 1.73. The Bertz CT molecular complexity index is 908. The van der Waals surface area contributed by atoms with Gasteiger partial charge in [-0.15, -0.1) is 11.3 Å². The molecule has 3 rings (SSSR count). The fourth-order valence-corrected chi connectivity index (χ4v) is 3.09. The summed E-state index contributed by atoms with van der Waals surface area (Å²) in [5, 5.41) is 13.9. The molecule has 0 radical (unpaired) electrons. The Kier molecular flexibility index (Phi) is 5.33. The molecule has 1 aromatic heterocycles. The summed E-state index contributed by atoms with van der Waals surface area (Å²) in [7, 11) is 3.07. The molecule has 0 amide bonds. The second-order valence-corrected chi connectivity index (χ2v) is 6.11. The van der Waals surface area contributed by atoms with Gasteiger partial charge in [-0.1, -0.05) is 0 Å². The number of methoxy groups -OCH3 is 2. The molecular weight excluding hydrogens is 356 g/mol. The van der Waals surface area contributed by atoms with Crippen LogP contribution in [0.25, 0.3) is 10.6 Å². The zero-order valence-electron chi connectivity index (χ0n) is 14.2. The van der Waals surface area contributed by atoms with Crippen molar-refractivity contribution in [3.8, 4) is 27.8 Å². The molecule has 0 saturated carbocycles. The molecule has 8 heteroatoms. The number of hydrogen-bond acceptors (Lipinski definition) is 7. The van der Waals surface area contributed by atoms with E-state index in [-0.39, 0.29) is 18.0 Å². The summed E-state index contributed by atoms with van der Waals surface area (Å²) in [4.78, 5) is 15.2. The molecule has 134 valence electrons. The van der Waals surface area contributed by atoms with E-state index in [4.69, 9.17) is 14.2 Å². The number of nitro benzene ring substituents is 1. The first-order chi connectivity index (χ1) is 12.6. The summed E-state index contributed by atoms with van der Waals surface area (Å²) < 4.78 is 15.8. The maximum absolute atomic E-state index is 11.2. The molecule has 0 bridgehead atoms. The van der Waals surface area contributed by atoms with E-state index in [1.807, 2.05) is 29.6 Å². The van der Waals surface area contributed by atoms with Crippen molar-refractivity contribution in [1.82, 2.24) is 4.98 Å². The van der Waals surface area contributed by atoms with Crippen LogP contribution in [0.5, 0.6) is 17.2 Å². The molecule has 0 spiro atoms. The van der Waals surface area contributed by atoms with Crippen LogP contribution in [0.15, 0.2) is 47.8 Å². The molecule has 0 fully saturated rings. The van der Waals surface area contributed by atoms with E-state index in [1.54, 1.807) is 13.2 Å². The number of aromatic nitrogens is 1. The second-order valence-electron chi connectivity index (χ2n) is 5.25. The fraction of sp³-hybridized carbons (Fsp3) is 0.167. The highest BCUT2D eigenvalue weighted by Crippen LogP contribution is 2.32. The predicted octanol–water partition coefficient (Wildman–Crippen LogP) is 4.31. The van der Waals surface area contributed by atoms with Crippen LogP contribution in [-0.4, -0.2) is 24.1 Å². The lowest BCUT2D eigenvalue weighted by Gasteiger charge is -2.06. The van der Waals surface area contributed by atoms with E-state index in [1.165, 1.54) is 30.6 Å². The zero-order chi connectivity index (χ0) is 18.5. The van der Waals surface area contributed by atoms with Gasteiger partial charge >= 0.3 is 5.69 Å². The van der Waals surface area contributed by atoms with Gasteiger partial charge in [-0.3, -0.25) is 10.1 Å². The monoisotopic (exact) mass is 372 g/mol. The lowest BCUT2D eigenvalue weighted by molar-refractivity contribution is -0.386. The van der Waals surface area contributed by atoms with E-state index in [0.717, 1.165) is 16.3 Å². The summed E-state index contributed by atoms with van der Waals surface area (Å²) in [6, 6.07) is 12.1. The van der Waals surface area contributed by atoms with Gasteiger partial charge in [0.25, 0.3) is 0 Å². The standard InChI is InChI=1S/C18H16N2O5S/c1-23-14-5-3-12(4-6-14)18-19-13(11-26-18)10-25-17-8-7-15(24-2)9-16(17)20(21)22/h3-9,11H,10H2,1-2H3. The summed E-state index contributed by atoms with van der Waals surface area (Å²) in [6.45, 7) is 0.139. The Hall–Kier alpha value is -3.13. The maximum Gasteiger partial charge on any atom is 0.314 e. The Morgan fingerprint density at radius 1 is 1.08 bits per heavy atom. The smallest absolute Gasteiger partial charge is 0.314 e. The average molecular weight is 372 g/mol. The number of nitrogens with zero attached hydrogens (tertiary/aromatic N) is 2. The van der Waals surface area contributed by atoms with Crippen LogP contribution in [-0.2, 0) is 6.61 Å². The third kappa shape index (κ3) is 3.92. The summed E-state index contributed by atoms with van der Waals surface area (Å²) in [5.41, 5.74) is 1.53. The molecule has 3 aromatic rings. The number of rotatable bonds is 7. The highest BCUT2D eigenvalue weighted by molar-refractivity contribution is 7.13. The van der Waals surface area contributed by atoms with Gasteiger partial charge in [0.1, 0.15) is 23.1 Å². The number of hydrogen-bond donors (Lipinski definition) is 0. The van der Waals surface area contributed by atoms with Crippen LogP contribution in [0.1, 0.15) is 5.69 Å². The summed E-state index contributed by atoms with van der Waals surface area (Å²) in [5.74, 6) is 1.36. The minimum atomic E-state index is -0.498. The van der Waals surface area contributed by atoms with Gasteiger partial charge in [0, 0.05) is 10.9 Å². The topological polar surface area (TPSA) is 83.7 Å². The van der Waals surface area contributed by atoms with Crippen molar-refractivity contribution >= 4 is 17.0 Å². The van der Waals surface area contributed by atoms with Crippen molar-refractivity contribution in [3.63, 3.8) is 0 Å². The molecular formula is C18H16N2O5S. The van der Waals surface area contributed by atoms with Crippen LogP contribution in [0.4, 0.5) is 5.69 Å². The van der Waals surface area contributed by atoms with Crippen LogP contribution >= 0.6 is 11.3 Å². The normalized spacial score (nSPS) is 10.4. The van der Waals surface area contributed by atoms with Gasteiger partial charge in [-0.25, -0.2) is 4.98 Å². The second kappa shape index (κ2) is 7.83. The van der Waals surface area contributed by atoms with Crippen LogP contribution in [0.2, 0.25) is 0 Å². The van der Waals surface area contributed by atoms with Gasteiger partial charge < -0.3 is 14.2 Å². The van der Waals surface area contributed by atoms with Crippen LogP contribution in [0, 0.1) is 10.1 Å². The van der Waals surface area contributed by atoms with Gasteiger partial charge in [-0.2, -0.15) is 0 Å². The molecule has 26 heavy (non-hydrogen) atoms. The minimum Gasteiger partial charge on any atom is -0.497 e. The molecule has 7 nitrogen and oxygen atoms in total. The average Bonchev–Trinajstić information content (AvgIpc) is 3.15. The maximum atomic E-state index is 11.2. The quantitative estimate of drug-likeness (QED) is 0.454. The molecule has 0 unspecified atom stereocenters. The molecule has 0 N–H and O–H groups in total. The molecule has 0 aliphatic carbocycles. The van der Waals surface area contributed by atoms with E-state index in [2.05, 4.69) is 4.98 Å². The molecule has 2 aromatic carbocycles. The summed E-state index contributed by atoms with van der Waals surface area (Å²) >= 11 is 1.48. The number of nitro groups is 1. The van der Waals surface area contributed by atoms with Crippen molar-refractivity contribution in [1.29, 1.82) is 0 Å². The zero-order valence-corrected chi connectivity index (χ0v) is 15.0. The van der Waals surface area contributed by atoms with Crippen molar-refractivity contribution in [2.45, 2.75) is 6.61 Å². The fourth-order valence-electron chi connectivity index (χ4n) is 2.28. The molecule has 0 atom stereocenters. The number of ether oxygens (including phenoxy) is 3. The van der Waals surface area contributed by atoms with E-state index in [9.17, 15) is 10.1 Å². The largest absolute Gasteiger partial charge is 0.497 e. The first-order valence-electron chi connectivity index (χ1n) is 7.64. The predicted molar refractivity (Wildman–Crippen MR) is 98.1 cm³/mol. The van der Waals surface area contributed by atoms with Gasteiger partial charge in [-0.05, 0) is 36.4 Å². The van der Waals surface area contributed by atoms with Gasteiger partial charge in [0.05, 0.1) is 30.9 Å². The Morgan fingerprint density at radius 3 is 2.42 bits per heavy atom. The highest BCUT2D eigenvalue weighted by atomic mass is 32.1. The van der Waals surface area contributed by atoms with Crippen LogP contribution in [0.3, 0.4) is 0 Å². The van der Waals surface area contributed by atoms with Crippen LogP contribution < -0.4 is 14.2 Å². The third-order valence-corrected chi connectivity index (χ3v) is 4.57. The van der Waals surface area contributed by atoms with E-state index in [0.29, 0.717) is 11.4 Å². The third-order valence-electron chi connectivity index (χ3n) is 3.63. The molecule has 1 heterocycles. The number of thiazole rings is 1. The van der Waals surface area contributed by atoms with Gasteiger partial charge in [0.15, 0.2) is 5.75 Å². The van der Waals surface area contributed by atoms with Crippen molar-refractivity contribution in [3.05, 3.63) is 63.7 Å². The van der Waals surface area contributed by atoms with E-state index >= 15 is 0 Å². The van der Waals surface area contributed by atoms with Crippen molar-refractivity contribution in [2.75, 3.05) is 14.2 Å². The Labute approximate surface area is 153 Å². The van der Waals surface area contributed by atoms with E-state index < -0.39 is 4.92 Å². The lowest BCUT2D eigenvalue weighted by Crippen LogP contribution is -2.00. The molecule has 0 aliphatic rings. The van der Waals surface area contributed by atoms with Gasteiger partial charge in [0.2, 0.25) is 0 Å². The SMILES string of the molecule is COc1ccc(-c2nc(COc3ccc(OC)cc3[N+](=O)[O-])cs2)cc1. The Morgan fingerprint density at radius 2 is 1.77 bits per heavy atom. The van der Waals surface area contributed by atoms with Crippen molar-refractivity contribution in [2.24, 2.45) is 0 Å². The first kappa shape index (κ1) is 17.7. The minimum absolute atomic E-state index is 0.139.